The van der Waals surface area contributed by atoms with Gasteiger partial charge in [0.2, 0.25) is 5.24 Å². The number of hydrogen-bond acceptors (Lipinski definition) is 15. The number of imidazole rings is 3. The summed E-state index contributed by atoms with van der Waals surface area (Å²) in [5.41, 5.74) is 17.6. The van der Waals surface area contributed by atoms with Crippen molar-refractivity contribution >= 4 is 189 Å². The first-order valence-electron chi connectivity index (χ1n) is 42.2. The number of carbonyl (C=O) groups excluding carboxylic acids is 3. The van der Waals surface area contributed by atoms with Crippen LogP contribution in [0.5, 0.6) is 0 Å². The van der Waals surface area contributed by atoms with Crippen LogP contribution in [0.25, 0.3) is 154 Å². The summed E-state index contributed by atoms with van der Waals surface area (Å²) in [5, 5.41) is 21.9. The van der Waals surface area contributed by atoms with Gasteiger partial charge < -0.3 is 33.8 Å². The molecule has 676 valence electrons. The minimum Gasteiger partial charge on any atom is -0.463 e. The van der Waals surface area contributed by atoms with Crippen LogP contribution in [-0.4, -0.2) is 116 Å². The molecule has 2 unspecified atom stereocenters. The molecule has 7 heterocycles. The lowest BCUT2D eigenvalue weighted by atomic mass is 9.73. The van der Waals surface area contributed by atoms with Gasteiger partial charge in [-0.3, -0.25) is 37.2 Å². The Bertz CT molecular complexity index is 7820. The van der Waals surface area contributed by atoms with Crippen LogP contribution in [0.3, 0.4) is 0 Å². The zero-order chi connectivity index (χ0) is 88.1. The zero-order valence-corrected chi connectivity index (χ0v) is 72.2. The highest BCUT2D eigenvalue weighted by Crippen LogP contribution is 2.51. The second-order valence-corrected chi connectivity index (χ2v) is 33.0. The van der Waals surface area contributed by atoms with Crippen molar-refractivity contribution in [2.45, 2.75) is 97.9 Å². The molecule has 0 aliphatic heterocycles. The Morgan fingerprint density at radius 1 is 0.439 bits per heavy atom. The second-order valence-electron chi connectivity index (χ2n) is 32.7. The average Bonchev–Trinajstić information content (AvgIpc) is 1.47. The van der Waals surface area contributed by atoms with E-state index in [1.54, 1.807) is 27.0 Å². The molecule has 1 aliphatic carbocycles. The van der Waals surface area contributed by atoms with Gasteiger partial charge in [0.1, 0.15) is 30.2 Å². The highest BCUT2D eigenvalue weighted by atomic mass is 35.5. The summed E-state index contributed by atoms with van der Waals surface area (Å²) in [6.07, 6.45) is 3.31. The third-order valence-corrected chi connectivity index (χ3v) is 25.1. The molecule has 1 N–H and O–H groups in total. The summed E-state index contributed by atoms with van der Waals surface area (Å²) in [5.74, 6) is -0.0389. The van der Waals surface area contributed by atoms with Gasteiger partial charge in [-0.25, -0.2) is 19.7 Å². The van der Waals surface area contributed by atoms with E-state index in [4.69, 9.17) is 36.0 Å². The number of aliphatic hydroxyl groups excluding tert-OH is 1. The first kappa shape index (κ1) is 97.9. The largest absolute Gasteiger partial charge is 0.463 e. The van der Waals surface area contributed by atoms with Crippen LogP contribution >= 0.6 is 11.6 Å². The molecule has 0 radical (unpaired) electrons. The molecule has 20 heteroatoms. The predicted octanol–water partition coefficient (Wildman–Crippen LogP) is 25.0. The van der Waals surface area contributed by atoms with Gasteiger partial charge in [0.25, 0.3) is 16.7 Å². The lowest BCUT2D eigenvalue weighted by Gasteiger charge is -2.32. The third kappa shape index (κ3) is 17.4. The van der Waals surface area contributed by atoms with Gasteiger partial charge in [0.15, 0.2) is 0 Å². The van der Waals surface area contributed by atoms with Gasteiger partial charge in [-0.1, -0.05) is 254 Å². The number of halogens is 1. The van der Waals surface area contributed by atoms with Crippen LogP contribution < -0.4 is 31.4 Å². The monoisotopic (exact) mass is 1780 g/mol. The topological polar surface area (TPSA) is 208 Å². The molecular weight excluding hydrogens is 1660 g/mol. The number of hydrogen-bond donors (Lipinski definition) is 1. The minimum absolute atomic E-state index is 0. The fourth-order valence-electron chi connectivity index (χ4n) is 18.4. The molecule has 0 spiro atoms. The maximum Gasteiger partial charge on any atom is 0.333 e. The molecule has 2 atom stereocenters. The number of aliphatic hydroxyl groups is 1. The van der Waals surface area contributed by atoms with E-state index in [1.807, 2.05) is 195 Å². The van der Waals surface area contributed by atoms with Crippen LogP contribution in [0.1, 0.15) is 109 Å². The van der Waals surface area contributed by atoms with Crippen molar-refractivity contribution in [1.29, 1.82) is 0 Å². The number of pyridine rings is 3. The fraction of sp³-hybridized carbons (Fsp3) is 0.223. The number of esters is 2. The molecule has 1 aliphatic rings. The SMILES string of the molecule is C.C.C.C.C.C.C=C(C)C(=O)Cl.C=C(C)C(=O)OCCN(C)c1ccc2c(=O)n3c4ccccc4nc3c3cccc1c23.C=Cn1c2ccccc2c2ccccc21.CCC(C)(CC(C)C1c2ccccc2-c2ccccc21)C(=O)OCCN(C)c1ccc2c(=O)n3c4ccccc4nc3c3cccc1c23.CN(CCO)c1ccc2c(=O)n3c4ccccc4nc3c3cccc1c23. The lowest BCUT2D eigenvalue weighted by Crippen LogP contribution is -2.34. The Kier molecular flexibility index (Phi) is 30.1. The first-order chi connectivity index (χ1) is 61.0. The van der Waals surface area contributed by atoms with Gasteiger partial charge in [0, 0.05) is 143 Å². The molecule has 0 saturated heterocycles. The number of rotatable bonds is 19. The van der Waals surface area contributed by atoms with Crippen molar-refractivity contribution in [2.24, 2.45) is 11.3 Å². The number of carbonyl (C=O) groups is 3. The number of ether oxygens (including phenoxy) is 2. The number of benzene rings is 13. The van der Waals surface area contributed by atoms with Crippen LogP contribution in [0, 0.1) is 11.3 Å². The summed E-state index contributed by atoms with van der Waals surface area (Å²) in [6.45, 7) is 22.5. The molecule has 13 aromatic carbocycles. The zero-order valence-electron chi connectivity index (χ0n) is 71.4. The van der Waals surface area contributed by atoms with Crippen molar-refractivity contribution in [1.82, 2.24) is 32.7 Å². The molecule has 20 aromatic rings. The number of anilines is 3. The number of fused-ring (bicyclic) bond motifs is 18. The number of allylic oxidation sites excluding steroid dienone is 1. The van der Waals surface area contributed by atoms with E-state index in [0.29, 0.717) is 70.3 Å². The molecule has 0 fully saturated rings. The van der Waals surface area contributed by atoms with Crippen molar-refractivity contribution in [3.05, 3.63) is 334 Å². The highest BCUT2D eigenvalue weighted by Gasteiger charge is 2.40. The van der Waals surface area contributed by atoms with E-state index in [2.05, 4.69) is 153 Å². The predicted molar refractivity (Wildman–Crippen MR) is 557 cm³/mol. The van der Waals surface area contributed by atoms with Crippen LogP contribution in [0.15, 0.2) is 306 Å². The number of nitrogens with zero attached hydrogens (tertiary/aromatic N) is 10. The van der Waals surface area contributed by atoms with Gasteiger partial charge in [0.05, 0.1) is 69.2 Å². The van der Waals surface area contributed by atoms with E-state index in [1.165, 1.54) is 44.1 Å². The Hall–Kier alpha value is -14.7. The van der Waals surface area contributed by atoms with Gasteiger partial charge in [-0.05, 0) is 158 Å². The standard InChI is InChI=1S/C42H39N3O3.C25H21N3O3.C21H17N3O2.C14H11N.C4H5ClO.6CH4/c1-5-42(3,25-26(2)37-29-15-8-6-13-27(29)28-14-7-9-16-30(28)37)41(47)48-24-23-44(4)35-22-21-33-38-31(35)17-12-18-32(38)39-43-34-19-10-11-20-36(34)45(39)40(33)46;1-15(2)25(30)31-14-13-27(3)20-12-11-18-22-16(20)7-6-8-17(22)23-26-19-9-4-5-10-21(19)28(23)24(18)29;1-23(11-12-25)17-10-9-15-19-13(17)5-4-6-14(19)20-22-16-7-2-3-8-18(16)24(20)21(15)26;1-2-15-13-9-5-3-7-11(13)12-8-4-6-10-14(12)15;1-3(2)4(5)6;;;;;;/h6-22,26,37H,5,23-25H2,1-4H3;4-12H,1,13-14H2,2-3H3;2-10,25H,11-12H2,1H3;2-10H,1H2;1H2,2H3;6*1H4. The second kappa shape index (κ2) is 40.6. The third-order valence-electron chi connectivity index (χ3n) is 24.7. The smallest absolute Gasteiger partial charge is 0.333 e. The summed E-state index contributed by atoms with van der Waals surface area (Å²) in [4.78, 5) is 96.1. The fourth-order valence-corrected chi connectivity index (χ4v) is 18.4. The van der Waals surface area contributed by atoms with Crippen LogP contribution in [-0.2, 0) is 23.9 Å². The van der Waals surface area contributed by atoms with Crippen molar-refractivity contribution in [3.63, 3.8) is 0 Å². The average molecular weight is 1780 g/mol. The van der Waals surface area contributed by atoms with E-state index in [9.17, 15) is 33.9 Å². The molecule has 0 amide bonds. The summed E-state index contributed by atoms with van der Waals surface area (Å²) in [7, 11) is 5.90. The molecule has 7 aromatic heterocycles. The highest BCUT2D eigenvalue weighted by molar-refractivity contribution is 6.67. The Morgan fingerprint density at radius 3 is 1.11 bits per heavy atom. The summed E-state index contributed by atoms with van der Waals surface area (Å²) in [6, 6.07) is 87.0. The molecule has 132 heavy (non-hydrogen) atoms. The molecule has 21 rings (SSSR count). The number of para-hydroxylation sites is 8. The Balaban J connectivity index is 0.000000174. The lowest BCUT2D eigenvalue weighted by molar-refractivity contribution is -0.156. The van der Waals surface area contributed by atoms with Crippen molar-refractivity contribution in [3.8, 4) is 11.1 Å². The van der Waals surface area contributed by atoms with E-state index >= 15 is 0 Å². The van der Waals surface area contributed by atoms with Crippen LogP contribution in [0.4, 0.5) is 17.1 Å². The summed E-state index contributed by atoms with van der Waals surface area (Å²) < 4.78 is 18.5. The maximum atomic E-state index is 13.8. The van der Waals surface area contributed by atoms with Gasteiger partial charge in [-0.2, -0.15) is 0 Å². The van der Waals surface area contributed by atoms with Crippen molar-refractivity contribution in [2.75, 3.05) is 75.3 Å². The van der Waals surface area contributed by atoms with Gasteiger partial charge >= 0.3 is 11.9 Å². The van der Waals surface area contributed by atoms with E-state index < -0.39 is 16.6 Å². The van der Waals surface area contributed by atoms with Crippen molar-refractivity contribution < 1.29 is 29.0 Å². The Morgan fingerprint density at radius 2 is 0.758 bits per heavy atom. The van der Waals surface area contributed by atoms with E-state index in [-0.39, 0.29) is 98.9 Å². The normalized spacial score (nSPS) is 12.0. The minimum atomic E-state index is -0.601. The molecule has 0 bridgehead atoms. The first-order valence-corrected chi connectivity index (χ1v) is 42.5. The number of likely N-dealkylation sites (N-methyl/N-ethyl adjacent to an activating group) is 3. The maximum absolute atomic E-state index is 13.8. The molecule has 0 saturated carbocycles. The molecular formula is C112H117ClN10O9. The number of aromatic nitrogens is 7. The van der Waals surface area contributed by atoms with E-state index in [0.717, 1.165) is 105 Å². The quantitative estimate of drug-likeness (QED) is 0.0454. The molecule has 19 nitrogen and oxygen atoms in total. The van der Waals surface area contributed by atoms with Crippen LogP contribution in [0.2, 0.25) is 0 Å². The summed E-state index contributed by atoms with van der Waals surface area (Å²) >= 11 is 4.87. The Labute approximate surface area is 775 Å². The van der Waals surface area contributed by atoms with Gasteiger partial charge in [-0.15, -0.1) is 0 Å².